The Hall–Kier alpha value is -2.15. The summed E-state index contributed by atoms with van der Waals surface area (Å²) in [5.74, 6) is 1.59. The van der Waals surface area contributed by atoms with Crippen LogP contribution in [0.1, 0.15) is 13.8 Å². The molecule has 114 valence electrons. The number of hydrogen-bond donors (Lipinski definition) is 1. The van der Waals surface area contributed by atoms with Crippen LogP contribution in [0.25, 0.3) is 11.4 Å². The summed E-state index contributed by atoms with van der Waals surface area (Å²) in [7, 11) is 1.68. The molecule has 21 heavy (non-hydrogen) atoms. The second kappa shape index (κ2) is 7.03. The quantitative estimate of drug-likeness (QED) is 0.780. The van der Waals surface area contributed by atoms with Crippen LogP contribution in [0, 0.1) is 5.92 Å². The summed E-state index contributed by atoms with van der Waals surface area (Å²) in [6, 6.07) is 5.54. The van der Waals surface area contributed by atoms with E-state index in [1.165, 1.54) is 0 Å². The number of tetrazole rings is 1. The zero-order valence-electron chi connectivity index (χ0n) is 12.6. The van der Waals surface area contributed by atoms with Gasteiger partial charge in [0.2, 0.25) is 0 Å². The number of nitrogens with zero attached hydrogens (tertiary/aromatic N) is 4. The van der Waals surface area contributed by atoms with E-state index in [1.807, 2.05) is 25.1 Å². The SMILES string of the molecule is CCOc1cccc(N)c1-c1nnnn1CC(C)COC. The lowest BCUT2D eigenvalue weighted by atomic mass is 10.1. The van der Waals surface area contributed by atoms with Gasteiger partial charge in [0.1, 0.15) is 5.75 Å². The number of ether oxygens (including phenoxy) is 2. The fourth-order valence-corrected chi connectivity index (χ4v) is 2.20. The molecule has 0 radical (unpaired) electrons. The highest BCUT2D eigenvalue weighted by molar-refractivity contribution is 5.77. The number of benzene rings is 1. The van der Waals surface area contributed by atoms with Crippen molar-refractivity contribution in [3.05, 3.63) is 18.2 Å². The Morgan fingerprint density at radius 3 is 2.90 bits per heavy atom. The number of rotatable bonds is 7. The van der Waals surface area contributed by atoms with Crippen molar-refractivity contribution < 1.29 is 9.47 Å². The molecule has 0 aliphatic rings. The minimum atomic E-state index is 0.290. The summed E-state index contributed by atoms with van der Waals surface area (Å²) in [5.41, 5.74) is 7.41. The molecule has 1 unspecified atom stereocenters. The highest BCUT2D eigenvalue weighted by Crippen LogP contribution is 2.33. The van der Waals surface area contributed by atoms with Crippen molar-refractivity contribution in [1.82, 2.24) is 20.2 Å². The van der Waals surface area contributed by atoms with Crippen LogP contribution in [0.4, 0.5) is 5.69 Å². The number of hydrogen-bond acceptors (Lipinski definition) is 6. The Balaban J connectivity index is 2.37. The standard InChI is InChI=1S/C14H21N5O2/c1-4-21-12-7-5-6-11(15)13(12)14-16-17-18-19(14)8-10(2)9-20-3/h5-7,10H,4,8-9,15H2,1-3H3. The van der Waals surface area contributed by atoms with Gasteiger partial charge in [-0.15, -0.1) is 5.10 Å². The molecule has 0 spiro atoms. The molecule has 0 aliphatic heterocycles. The molecule has 0 fully saturated rings. The summed E-state index contributed by atoms with van der Waals surface area (Å²) < 4.78 is 12.5. The Morgan fingerprint density at radius 1 is 1.38 bits per heavy atom. The Bertz CT molecular complexity index is 584. The summed E-state index contributed by atoms with van der Waals surface area (Å²) in [5, 5.41) is 11.9. The number of anilines is 1. The smallest absolute Gasteiger partial charge is 0.187 e. The van der Waals surface area contributed by atoms with Crippen molar-refractivity contribution in [2.45, 2.75) is 20.4 Å². The molecule has 0 aliphatic carbocycles. The maximum Gasteiger partial charge on any atom is 0.187 e. The van der Waals surface area contributed by atoms with E-state index in [4.69, 9.17) is 15.2 Å². The second-order valence-corrected chi connectivity index (χ2v) is 4.90. The molecule has 0 bridgehead atoms. The highest BCUT2D eigenvalue weighted by Gasteiger charge is 2.18. The lowest BCUT2D eigenvalue weighted by molar-refractivity contribution is 0.149. The van der Waals surface area contributed by atoms with Gasteiger partial charge in [-0.25, -0.2) is 4.68 Å². The predicted molar refractivity (Wildman–Crippen MR) is 79.9 cm³/mol. The van der Waals surface area contributed by atoms with Crippen molar-refractivity contribution in [1.29, 1.82) is 0 Å². The third-order valence-electron chi connectivity index (χ3n) is 3.05. The number of methoxy groups -OCH3 is 1. The first-order chi connectivity index (χ1) is 10.2. The summed E-state index contributed by atoms with van der Waals surface area (Å²) in [4.78, 5) is 0. The van der Waals surface area contributed by atoms with E-state index in [0.717, 1.165) is 5.56 Å². The largest absolute Gasteiger partial charge is 0.493 e. The van der Waals surface area contributed by atoms with Crippen LogP contribution < -0.4 is 10.5 Å². The van der Waals surface area contributed by atoms with Gasteiger partial charge in [0.05, 0.1) is 18.8 Å². The molecular weight excluding hydrogens is 270 g/mol. The average molecular weight is 291 g/mol. The van der Waals surface area contributed by atoms with Crippen molar-refractivity contribution in [2.24, 2.45) is 5.92 Å². The predicted octanol–water partition coefficient (Wildman–Crippen LogP) is 1.60. The molecule has 1 aromatic heterocycles. The minimum absolute atomic E-state index is 0.290. The van der Waals surface area contributed by atoms with Gasteiger partial charge < -0.3 is 15.2 Å². The molecule has 1 aromatic carbocycles. The van der Waals surface area contributed by atoms with E-state index < -0.39 is 0 Å². The van der Waals surface area contributed by atoms with E-state index in [0.29, 0.717) is 37.0 Å². The van der Waals surface area contributed by atoms with Crippen LogP contribution in [0.2, 0.25) is 0 Å². The maximum atomic E-state index is 6.09. The van der Waals surface area contributed by atoms with Gasteiger partial charge in [0.15, 0.2) is 5.82 Å². The first-order valence-corrected chi connectivity index (χ1v) is 6.94. The summed E-state index contributed by atoms with van der Waals surface area (Å²) in [6.45, 7) is 5.85. The Kier molecular flexibility index (Phi) is 5.10. The van der Waals surface area contributed by atoms with Crippen LogP contribution in [0.3, 0.4) is 0 Å². The summed E-state index contributed by atoms with van der Waals surface area (Å²) in [6.07, 6.45) is 0. The molecule has 2 aromatic rings. The van der Waals surface area contributed by atoms with Gasteiger partial charge >= 0.3 is 0 Å². The van der Waals surface area contributed by atoms with Crippen molar-refractivity contribution in [2.75, 3.05) is 26.1 Å². The van der Waals surface area contributed by atoms with Gasteiger partial charge in [-0.05, 0) is 35.4 Å². The van der Waals surface area contributed by atoms with E-state index in [9.17, 15) is 0 Å². The number of nitrogen functional groups attached to an aromatic ring is 1. The molecule has 0 saturated heterocycles. The molecule has 1 atom stereocenters. The third-order valence-corrected chi connectivity index (χ3v) is 3.05. The van der Waals surface area contributed by atoms with Crippen molar-refractivity contribution in [3.8, 4) is 17.1 Å². The normalized spacial score (nSPS) is 12.3. The van der Waals surface area contributed by atoms with Crippen LogP contribution in [-0.2, 0) is 11.3 Å². The number of nitrogens with two attached hydrogens (primary N) is 1. The van der Waals surface area contributed by atoms with E-state index in [-0.39, 0.29) is 5.92 Å². The van der Waals surface area contributed by atoms with Gasteiger partial charge in [-0.2, -0.15) is 0 Å². The third kappa shape index (κ3) is 3.49. The van der Waals surface area contributed by atoms with Crippen molar-refractivity contribution in [3.63, 3.8) is 0 Å². The zero-order valence-corrected chi connectivity index (χ0v) is 12.6. The monoisotopic (exact) mass is 291 g/mol. The molecule has 2 rings (SSSR count). The first kappa shape index (κ1) is 15.2. The molecule has 1 heterocycles. The molecule has 0 amide bonds. The molecule has 0 saturated carbocycles. The lowest BCUT2D eigenvalue weighted by Crippen LogP contribution is -2.15. The van der Waals surface area contributed by atoms with Crippen LogP contribution in [0.5, 0.6) is 5.75 Å². The minimum Gasteiger partial charge on any atom is -0.493 e. The number of aromatic nitrogens is 4. The Labute approximate surface area is 124 Å². The molecule has 7 nitrogen and oxygen atoms in total. The second-order valence-electron chi connectivity index (χ2n) is 4.90. The van der Waals surface area contributed by atoms with E-state index >= 15 is 0 Å². The highest BCUT2D eigenvalue weighted by atomic mass is 16.5. The summed E-state index contributed by atoms with van der Waals surface area (Å²) >= 11 is 0. The first-order valence-electron chi connectivity index (χ1n) is 6.94. The molecular formula is C14H21N5O2. The fourth-order valence-electron chi connectivity index (χ4n) is 2.20. The van der Waals surface area contributed by atoms with E-state index in [2.05, 4.69) is 22.4 Å². The van der Waals surface area contributed by atoms with Crippen LogP contribution in [-0.4, -0.2) is 40.5 Å². The van der Waals surface area contributed by atoms with Gasteiger partial charge in [0, 0.05) is 19.3 Å². The Morgan fingerprint density at radius 2 is 2.19 bits per heavy atom. The molecule has 7 heteroatoms. The average Bonchev–Trinajstić information content (AvgIpc) is 2.87. The topological polar surface area (TPSA) is 88.1 Å². The molecule has 2 N–H and O–H groups in total. The van der Waals surface area contributed by atoms with Gasteiger partial charge in [-0.3, -0.25) is 0 Å². The van der Waals surface area contributed by atoms with Gasteiger partial charge in [-0.1, -0.05) is 13.0 Å². The zero-order chi connectivity index (χ0) is 15.2. The van der Waals surface area contributed by atoms with E-state index in [1.54, 1.807) is 11.8 Å². The van der Waals surface area contributed by atoms with Crippen molar-refractivity contribution >= 4 is 5.69 Å². The maximum absolute atomic E-state index is 6.09. The van der Waals surface area contributed by atoms with Crippen LogP contribution >= 0.6 is 0 Å². The fraction of sp³-hybridized carbons (Fsp3) is 0.500. The lowest BCUT2D eigenvalue weighted by Gasteiger charge is -2.14. The van der Waals surface area contributed by atoms with Crippen LogP contribution in [0.15, 0.2) is 18.2 Å². The van der Waals surface area contributed by atoms with Gasteiger partial charge in [0.25, 0.3) is 0 Å².